The lowest BCUT2D eigenvalue weighted by molar-refractivity contribution is 0.102. The second kappa shape index (κ2) is 5.50. The molecule has 21 heavy (non-hydrogen) atoms. The maximum atomic E-state index is 12.2. The number of carbonyl (C=O) groups is 1. The van der Waals surface area contributed by atoms with E-state index in [0.29, 0.717) is 11.0 Å². The number of rotatable bonds is 3. The van der Waals surface area contributed by atoms with Crippen molar-refractivity contribution in [2.45, 2.75) is 4.90 Å². The predicted octanol–water partition coefficient (Wildman–Crippen LogP) is 0.704. The van der Waals surface area contributed by atoms with Crippen LogP contribution in [0.2, 0.25) is 0 Å². The van der Waals surface area contributed by atoms with Gasteiger partial charge in [0.2, 0.25) is 5.13 Å². The molecule has 8 nitrogen and oxygen atoms in total. The van der Waals surface area contributed by atoms with Gasteiger partial charge in [-0.25, -0.2) is 8.42 Å². The summed E-state index contributed by atoms with van der Waals surface area (Å²) in [6.07, 6.45) is 2.91. The van der Waals surface area contributed by atoms with E-state index in [2.05, 4.69) is 25.5 Å². The Hall–Kier alpha value is -2.46. The first-order chi connectivity index (χ1) is 10.1. The quantitative estimate of drug-likeness (QED) is 0.682. The number of aromatic nitrogens is 4. The topological polar surface area (TPSA) is 115 Å². The van der Waals surface area contributed by atoms with Crippen LogP contribution in [0.25, 0.3) is 11.0 Å². The van der Waals surface area contributed by atoms with Crippen LogP contribution < -0.4 is 5.32 Å². The van der Waals surface area contributed by atoms with Crippen molar-refractivity contribution in [3.63, 3.8) is 0 Å². The molecule has 0 aliphatic carbocycles. The maximum Gasteiger partial charge on any atom is 0.258 e. The largest absolute Gasteiger partial charge is 0.296 e. The first-order valence-corrected chi connectivity index (χ1v) is 7.67. The summed E-state index contributed by atoms with van der Waals surface area (Å²) in [6, 6.07) is 2.71. The fourth-order valence-corrected chi connectivity index (χ4v) is 2.76. The van der Waals surface area contributed by atoms with Crippen LogP contribution in [0.4, 0.5) is 5.13 Å². The molecule has 0 radical (unpaired) electrons. The minimum atomic E-state index is -2.95. The molecule has 0 aliphatic rings. The van der Waals surface area contributed by atoms with Crippen molar-refractivity contribution in [3.05, 3.63) is 35.6 Å². The van der Waals surface area contributed by atoms with E-state index in [0.717, 1.165) is 11.3 Å². The Kier molecular flexibility index (Phi) is 3.54. The number of nitrogens with one attached hydrogen (secondary N) is 1. The van der Waals surface area contributed by atoms with Gasteiger partial charge in [-0.2, -0.15) is 0 Å². The fourth-order valence-electron chi connectivity index (χ4n) is 1.72. The standard InChI is InChI=1S/C11H7N5O3S2/c17-10(15-11-16-14-5-20-11)6-3-7-8(13-2-1-12-7)4-9(6)21(18)19/h1-5,21H,(H,15,16,17). The Morgan fingerprint density at radius 1 is 1.14 bits per heavy atom. The number of amides is 1. The number of fused-ring (bicyclic) bond motifs is 1. The zero-order chi connectivity index (χ0) is 14.8. The summed E-state index contributed by atoms with van der Waals surface area (Å²) in [6.45, 7) is 0. The smallest absolute Gasteiger partial charge is 0.258 e. The second-order valence-corrected chi connectivity index (χ2v) is 5.70. The summed E-state index contributed by atoms with van der Waals surface area (Å²) in [5.74, 6) is -0.589. The molecule has 0 saturated heterocycles. The molecular weight excluding hydrogens is 314 g/mol. The molecule has 1 N–H and O–H groups in total. The van der Waals surface area contributed by atoms with E-state index < -0.39 is 16.6 Å². The van der Waals surface area contributed by atoms with E-state index in [-0.39, 0.29) is 15.6 Å². The lowest BCUT2D eigenvalue weighted by Gasteiger charge is -2.05. The van der Waals surface area contributed by atoms with Crippen molar-refractivity contribution in [3.8, 4) is 0 Å². The van der Waals surface area contributed by atoms with E-state index in [1.165, 1.54) is 30.0 Å². The first-order valence-electron chi connectivity index (χ1n) is 5.62. The molecule has 0 saturated carbocycles. The summed E-state index contributed by atoms with van der Waals surface area (Å²) in [7, 11) is -2.95. The zero-order valence-electron chi connectivity index (χ0n) is 10.3. The zero-order valence-corrected chi connectivity index (χ0v) is 12.0. The van der Waals surface area contributed by atoms with Crippen molar-refractivity contribution >= 4 is 44.1 Å². The predicted molar refractivity (Wildman–Crippen MR) is 76.0 cm³/mol. The third-order valence-corrected chi connectivity index (χ3v) is 3.98. The minimum Gasteiger partial charge on any atom is -0.296 e. The van der Waals surface area contributed by atoms with Crippen LogP contribution in [0.1, 0.15) is 10.4 Å². The Labute approximate surface area is 123 Å². The highest BCUT2D eigenvalue weighted by molar-refractivity contribution is 7.72. The van der Waals surface area contributed by atoms with E-state index in [9.17, 15) is 13.2 Å². The van der Waals surface area contributed by atoms with Crippen LogP contribution in [-0.2, 0) is 10.7 Å². The van der Waals surface area contributed by atoms with Crippen LogP contribution in [0, 0.1) is 0 Å². The normalized spacial score (nSPS) is 10.9. The molecule has 10 heteroatoms. The van der Waals surface area contributed by atoms with Gasteiger partial charge in [0.1, 0.15) is 5.51 Å². The Morgan fingerprint density at radius 2 is 1.86 bits per heavy atom. The third-order valence-electron chi connectivity index (χ3n) is 2.61. The number of hydrogen-bond donors (Lipinski definition) is 2. The van der Waals surface area contributed by atoms with E-state index in [4.69, 9.17) is 0 Å². The molecule has 0 fully saturated rings. The Balaban J connectivity index is 2.11. The molecule has 0 aliphatic heterocycles. The van der Waals surface area contributed by atoms with Gasteiger partial charge in [-0.1, -0.05) is 11.3 Å². The number of hydrogen-bond acceptors (Lipinski definition) is 8. The van der Waals surface area contributed by atoms with Gasteiger partial charge in [0.25, 0.3) is 5.91 Å². The third kappa shape index (κ3) is 2.71. The van der Waals surface area contributed by atoms with Gasteiger partial charge in [0.15, 0.2) is 10.7 Å². The average Bonchev–Trinajstić information content (AvgIpc) is 2.98. The molecule has 0 spiro atoms. The van der Waals surface area contributed by atoms with Crippen LogP contribution in [0.5, 0.6) is 0 Å². The van der Waals surface area contributed by atoms with Crippen LogP contribution in [0.15, 0.2) is 34.9 Å². The molecule has 0 bridgehead atoms. The SMILES string of the molecule is O=C(Nc1nncs1)c1cc2nccnc2cc1[SH](=O)=O. The van der Waals surface area contributed by atoms with Crippen molar-refractivity contribution < 1.29 is 13.2 Å². The molecule has 2 aromatic heterocycles. The molecule has 3 aromatic rings. The second-order valence-electron chi connectivity index (χ2n) is 3.87. The van der Waals surface area contributed by atoms with Gasteiger partial charge in [0, 0.05) is 12.4 Å². The first kappa shape index (κ1) is 13.5. The number of benzene rings is 1. The average molecular weight is 321 g/mol. The monoisotopic (exact) mass is 321 g/mol. The lowest BCUT2D eigenvalue weighted by atomic mass is 10.2. The van der Waals surface area contributed by atoms with Crippen molar-refractivity contribution in [1.82, 2.24) is 20.2 Å². The number of nitrogens with zero attached hydrogens (tertiary/aromatic N) is 4. The summed E-state index contributed by atoms with van der Waals surface area (Å²) < 4.78 is 22.7. The number of carbonyl (C=O) groups excluding carboxylic acids is 1. The summed E-state index contributed by atoms with van der Waals surface area (Å²) in [5.41, 5.74) is 2.28. The van der Waals surface area contributed by atoms with Crippen molar-refractivity contribution in [2.24, 2.45) is 0 Å². The van der Waals surface area contributed by atoms with Crippen molar-refractivity contribution in [2.75, 3.05) is 5.32 Å². The highest BCUT2D eigenvalue weighted by Gasteiger charge is 2.16. The van der Waals surface area contributed by atoms with Crippen LogP contribution >= 0.6 is 11.3 Å². The molecule has 0 unspecified atom stereocenters. The minimum absolute atomic E-state index is 0.00527. The number of thiol groups is 1. The van der Waals surface area contributed by atoms with Crippen LogP contribution in [-0.4, -0.2) is 34.5 Å². The summed E-state index contributed by atoms with van der Waals surface area (Å²) >= 11 is 1.13. The Morgan fingerprint density at radius 3 is 2.48 bits per heavy atom. The molecule has 3 rings (SSSR count). The highest BCUT2D eigenvalue weighted by atomic mass is 32.2. The van der Waals surface area contributed by atoms with Gasteiger partial charge >= 0.3 is 0 Å². The van der Waals surface area contributed by atoms with Gasteiger partial charge in [-0.3, -0.25) is 20.1 Å². The van der Waals surface area contributed by atoms with Gasteiger partial charge in [-0.15, -0.1) is 10.2 Å². The molecular formula is C11H7N5O3S2. The number of anilines is 1. The Bertz CT molecular complexity index is 884. The van der Waals surface area contributed by atoms with Gasteiger partial charge in [0.05, 0.1) is 21.5 Å². The maximum absolute atomic E-state index is 12.2. The fraction of sp³-hybridized carbons (Fsp3) is 0. The summed E-state index contributed by atoms with van der Waals surface area (Å²) in [5, 5.41) is 10.0. The van der Waals surface area contributed by atoms with Gasteiger partial charge in [-0.05, 0) is 12.1 Å². The highest BCUT2D eigenvalue weighted by Crippen LogP contribution is 2.20. The van der Waals surface area contributed by atoms with Crippen LogP contribution in [0.3, 0.4) is 0 Å². The molecule has 0 atom stereocenters. The van der Waals surface area contributed by atoms with E-state index in [1.54, 1.807) is 0 Å². The molecule has 2 heterocycles. The van der Waals surface area contributed by atoms with Gasteiger partial charge < -0.3 is 0 Å². The summed E-state index contributed by atoms with van der Waals surface area (Å²) in [4.78, 5) is 20.2. The molecule has 1 aromatic carbocycles. The van der Waals surface area contributed by atoms with Crippen molar-refractivity contribution in [1.29, 1.82) is 0 Å². The van der Waals surface area contributed by atoms with E-state index >= 15 is 0 Å². The molecule has 1 amide bonds. The molecule has 106 valence electrons. The van der Waals surface area contributed by atoms with E-state index in [1.807, 2.05) is 0 Å². The lowest BCUT2D eigenvalue weighted by Crippen LogP contribution is -2.14.